The van der Waals surface area contributed by atoms with Crippen LogP contribution in [0.15, 0.2) is 0 Å². The molecule has 0 heterocycles. The average molecular weight is 244 g/mol. The summed E-state index contributed by atoms with van der Waals surface area (Å²) >= 11 is 1.55. The van der Waals surface area contributed by atoms with Gasteiger partial charge in [-0.1, -0.05) is 19.3 Å². The van der Waals surface area contributed by atoms with Crippen LogP contribution >= 0.6 is 11.8 Å². The summed E-state index contributed by atoms with van der Waals surface area (Å²) in [5, 5.41) is 0. The minimum absolute atomic E-state index is 0.197. The van der Waals surface area contributed by atoms with Gasteiger partial charge in [-0.3, -0.25) is 9.59 Å². The quantitative estimate of drug-likeness (QED) is 0.531. The zero-order chi connectivity index (χ0) is 11.8. The first-order valence-electron chi connectivity index (χ1n) is 5.91. The molecule has 1 rings (SSSR count). The fourth-order valence-corrected chi connectivity index (χ4v) is 2.86. The van der Waals surface area contributed by atoms with Crippen molar-refractivity contribution >= 4 is 23.5 Å². The molecule has 0 bridgehead atoms. The second-order valence-electron chi connectivity index (χ2n) is 4.18. The molecule has 0 atom stereocenters. The Hall–Kier alpha value is -0.510. The van der Waals surface area contributed by atoms with Gasteiger partial charge in [0.05, 0.1) is 19.3 Å². The smallest absolute Gasteiger partial charge is 0.306 e. The highest BCUT2D eigenvalue weighted by atomic mass is 32.2. The Bertz CT molecular complexity index is 234. The summed E-state index contributed by atoms with van der Waals surface area (Å²) in [4.78, 5) is 22.6. The normalized spacial score (nSPS) is 17.1. The molecule has 0 spiro atoms. The van der Waals surface area contributed by atoms with Crippen LogP contribution in [0.2, 0.25) is 0 Å². The lowest BCUT2D eigenvalue weighted by Crippen LogP contribution is -2.19. The SMILES string of the molecule is COC(=O)CCSCC(=O)C1CCCCC1. The maximum absolute atomic E-state index is 11.8. The van der Waals surface area contributed by atoms with Crippen LogP contribution in [0.4, 0.5) is 0 Å². The molecule has 16 heavy (non-hydrogen) atoms. The predicted octanol–water partition coefficient (Wildman–Crippen LogP) is 2.43. The second-order valence-corrected chi connectivity index (χ2v) is 5.29. The predicted molar refractivity (Wildman–Crippen MR) is 65.5 cm³/mol. The van der Waals surface area contributed by atoms with Crippen molar-refractivity contribution in [3.05, 3.63) is 0 Å². The van der Waals surface area contributed by atoms with E-state index in [0.717, 1.165) is 12.8 Å². The van der Waals surface area contributed by atoms with E-state index in [0.29, 0.717) is 29.6 Å². The third-order valence-corrected chi connectivity index (χ3v) is 3.96. The van der Waals surface area contributed by atoms with Crippen LogP contribution in [0, 0.1) is 5.92 Å². The van der Waals surface area contributed by atoms with Gasteiger partial charge < -0.3 is 4.74 Å². The second kappa shape index (κ2) is 7.71. The van der Waals surface area contributed by atoms with E-state index in [-0.39, 0.29) is 5.97 Å². The van der Waals surface area contributed by atoms with E-state index in [4.69, 9.17) is 0 Å². The highest BCUT2D eigenvalue weighted by Gasteiger charge is 2.20. The Balaban J connectivity index is 2.07. The highest BCUT2D eigenvalue weighted by Crippen LogP contribution is 2.25. The first-order chi connectivity index (χ1) is 7.74. The summed E-state index contributed by atoms with van der Waals surface area (Å²) in [5.41, 5.74) is 0. The van der Waals surface area contributed by atoms with Crippen LogP contribution in [0.5, 0.6) is 0 Å². The van der Waals surface area contributed by atoms with E-state index in [1.807, 2.05) is 0 Å². The van der Waals surface area contributed by atoms with E-state index < -0.39 is 0 Å². The summed E-state index contributed by atoms with van der Waals surface area (Å²) in [6, 6.07) is 0. The molecule has 3 nitrogen and oxygen atoms in total. The molecule has 4 heteroatoms. The molecule has 0 N–H and O–H groups in total. The number of carbonyl (C=O) groups excluding carboxylic acids is 2. The number of ketones is 1. The van der Waals surface area contributed by atoms with Gasteiger partial charge in [-0.05, 0) is 12.8 Å². The standard InChI is InChI=1S/C12H20O3S/c1-15-12(14)7-8-16-9-11(13)10-5-3-2-4-6-10/h10H,2-9H2,1H3. The zero-order valence-electron chi connectivity index (χ0n) is 9.87. The van der Waals surface area contributed by atoms with Crippen LogP contribution in [-0.2, 0) is 14.3 Å². The first-order valence-corrected chi connectivity index (χ1v) is 7.06. The van der Waals surface area contributed by atoms with Crippen molar-refractivity contribution in [2.75, 3.05) is 18.6 Å². The lowest BCUT2D eigenvalue weighted by molar-refractivity contribution is -0.140. The van der Waals surface area contributed by atoms with E-state index in [1.165, 1.54) is 26.4 Å². The van der Waals surface area contributed by atoms with Crippen molar-refractivity contribution in [3.63, 3.8) is 0 Å². The molecule has 92 valence electrons. The minimum atomic E-state index is -0.197. The fraction of sp³-hybridized carbons (Fsp3) is 0.833. The summed E-state index contributed by atoms with van der Waals surface area (Å²) in [6.45, 7) is 0. The fourth-order valence-electron chi connectivity index (χ4n) is 1.97. The maximum atomic E-state index is 11.8. The zero-order valence-corrected chi connectivity index (χ0v) is 10.7. The molecule has 1 aliphatic rings. The highest BCUT2D eigenvalue weighted by molar-refractivity contribution is 7.99. The summed E-state index contributed by atoms with van der Waals surface area (Å²) in [5.74, 6) is 1.71. The average Bonchev–Trinajstić information content (AvgIpc) is 2.35. The van der Waals surface area contributed by atoms with E-state index >= 15 is 0 Å². The molecule has 0 aromatic carbocycles. The maximum Gasteiger partial charge on any atom is 0.306 e. The Morgan fingerprint density at radius 2 is 1.94 bits per heavy atom. The Morgan fingerprint density at radius 3 is 2.56 bits per heavy atom. The van der Waals surface area contributed by atoms with Crippen LogP contribution < -0.4 is 0 Å². The molecule has 0 radical (unpaired) electrons. The number of hydrogen-bond acceptors (Lipinski definition) is 4. The van der Waals surface area contributed by atoms with E-state index in [1.54, 1.807) is 11.8 Å². The van der Waals surface area contributed by atoms with Crippen molar-refractivity contribution in [2.24, 2.45) is 5.92 Å². The van der Waals surface area contributed by atoms with Gasteiger partial charge in [-0.15, -0.1) is 0 Å². The Morgan fingerprint density at radius 1 is 1.25 bits per heavy atom. The lowest BCUT2D eigenvalue weighted by atomic mass is 9.87. The molecule has 0 aliphatic heterocycles. The number of methoxy groups -OCH3 is 1. The van der Waals surface area contributed by atoms with Crippen molar-refractivity contribution in [1.82, 2.24) is 0 Å². The molecule has 0 saturated heterocycles. The van der Waals surface area contributed by atoms with Gasteiger partial charge in [0.15, 0.2) is 0 Å². The van der Waals surface area contributed by atoms with Crippen molar-refractivity contribution in [1.29, 1.82) is 0 Å². The van der Waals surface area contributed by atoms with Crippen LogP contribution in [0.1, 0.15) is 38.5 Å². The summed E-state index contributed by atoms with van der Waals surface area (Å²) in [7, 11) is 1.39. The summed E-state index contributed by atoms with van der Waals surface area (Å²) in [6.07, 6.45) is 6.21. The topological polar surface area (TPSA) is 43.4 Å². The number of ether oxygens (including phenoxy) is 1. The number of rotatable bonds is 6. The Kier molecular flexibility index (Phi) is 6.53. The van der Waals surface area contributed by atoms with Gasteiger partial charge in [-0.25, -0.2) is 0 Å². The third-order valence-electron chi connectivity index (χ3n) is 2.98. The van der Waals surface area contributed by atoms with Crippen LogP contribution in [0.3, 0.4) is 0 Å². The number of thioether (sulfide) groups is 1. The van der Waals surface area contributed by atoms with Crippen molar-refractivity contribution in [3.8, 4) is 0 Å². The van der Waals surface area contributed by atoms with Gasteiger partial charge in [0.25, 0.3) is 0 Å². The molecular weight excluding hydrogens is 224 g/mol. The van der Waals surface area contributed by atoms with Gasteiger partial charge in [0, 0.05) is 11.7 Å². The molecule has 0 aromatic heterocycles. The van der Waals surface area contributed by atoms with E-state index in [2.05, 4.69) is 4.74 Å². The number of hydrogen-bond donors (Lipinski definition) is 0. The Labute approximate surface area is 101 Å². The van der Waals surface area contributed by atoms with Gasteiger partial charge >= 0.3 is 5.97 Å². The van der Waals surface area contributed by atoms with Crippen molar-refractivity contribution < 1.29 is 14.3 Å². The molecule has 0 unspecified atom stereocenters. The third kappa shape index (κ3) is 5.01. The van der Waals surface area contributed by atoms with Crippen molar-refractivity contribution in [2.45, 2.75) is 38.5 Å². The molecule has 0 amide bonds. The molecule has 0 aromatic rings. The van der Waals surface area contributed by atoms with E-state index in [9.17, 15) is 9.59 Å². The van der Waals surface area contributed by atoms with Gasteiger partial charge in [0.1, 0.15) is 5.78 Å². The van der Waals surface area contributed by atoms with Crippen LogP contribution in [0.25, 0.3) is 0 Å². The number of esters is 1. The summed E-state index contributed by atoms with van der Waals surface area (Å²) < 4.78 is 4.54. The van der Waals surface area contributed by atoms with Crippen LogP contribution in [-0.4, -0.2) is 30.4 Å². The van der Waals surface area contributed by atoms with Gasteiger partial charge in [-0.2, -0.15) is 11.8 Å². The first kappa shape index (κ1) is 13.6. The molecule has 1 fully saturated rings. The van der Waals surface area contributed by atoms with Gasteiger partial charge in [0.2, 0.25) is 0 Å². The number of carbonyl (C=O) groups is 2. The molecular formula is C12H20O3S. The minimum Gasteiger partial charge on any atom is -0.469 e. The largest absolute Gasteiger partial charge is 0.469 e. The molecule has 1 saturated carbocycles. The lowest BCUT2D eigenvalue weighted by Gasteiger charge is -2.19. The molecule has 1 aliphatic carbocycles. The monoisotopic (exact) mass is 244 g/mol. The number of Topliss-reactive ketones (excluding diaryl/α,β-unsaturated/α-hetero) is 1.